The number of hydrogen-bond donors (Lipinski definition) is 1. The molecular formula is C11H14F3NS. The van der Waals surface area contributed by atoms with Crippen molar-refractivity contribution in [2.45, 2.75) is 24.4 Å². The van der Waals surface area contributed by atoms with Gasteiger partial charge in [0.2, 0.25) is 0 Å². The van der Waals surface area contributed by atoms with Crippen LogP contribution in [-0.4, -0.2) is 18.5 Å². The minimum absolute atomic E-state index is 0.647. The number of alkyl halides is 3. The summed E-state index contributed by atoms with van der Waals surface area (Å²) in [7, 11) is 0. The Kier molecular flexibility index (Phi) is 4.99. The lowest BCUT2D eigenvalue weighted by atomic mass is 10.3. The molecule has 0 fully saturated rings. The van der Waals surface area contributed by atoms with E-state index in [2.05, 4.69) is 5.32 Å². The van der Waals surface area contributed by atoms with E-state index in [1.807, 2.05) is 13.0 Å². The van der Waals surface area contributed by atoms with Crippen LogP contribution >= 0.6 is 11.8 Å². The summed E-state index contributed by atoms with van der Waals surface area (Å²) in [6.45, 7) is 2.78. The predicted molar refractivity (Wildman–Crippen MR) is 62.0 cm³/mol. The van der Waals surface area contributed by atoms with E-state index in [1.165, 1.54) is 0 Å². The lowest BCUT2D eigenvalue weighted by Gasteiger charge is -2.11. The van der Waals surface area contributed by atoms with Crippen LogP contribution in [0.15, 0.2) is 29.2 Å². The number of rotatable bonds is 5. The summed E-state index contributed by atoms with van der Waals surface area (Å²) in [6, 6.07) is 7.06. The molecule has 1 aromatic carbocycles. The summed E-state index contributed by atoms with van der Waals surface area (Å²) in [5, 5.41) is 3.11. The summed E-state index contributed by atoms with van der Waals surface area (Å²) in [5.74, 6) is -0.849. The molecule has 1 N–H and O–H groups in total. The predicted octanol–water partition coefficient (Wildman–Crippen LogP) is 4.16. The van der Waals surface area contributed by atoms with Gasteiger partial charge in [0.05, 0.1) is 5.75 Å². The van der Waals surface area contributed by atoms with Crippen molar-refractivity contribution < 1.29 is 13.2 Å². The SMILES string of the molecule is CCCNc1ccccc1SCC(F)(F)F. The molecule has 0 radical (unpaired) electrons. The zero-order chi connectivity index (χ0) is 12.0. The van der Waals surface area contributed by atoms with Gasteiger partial charge in [0.25, 0.3) is 0 Å². The maximum atomic E-state index is 12.1. The van der Waals surface area contributed by atoms with E-state index >= 15 is 0 Å². The first kappa shape index (κ1) is 13.2. The average molecular weight is 249 g/mol. The fourth-order valence-corrected chi connectivity index (χ4v) is 1.95. The molecule has 1 aromatic rings. The van der Waals surface area contributed by atoms with Gasteiger partial charge in [-0.05, 0) is 18.6 Å². The highest BCUT2D eigenvalue weighted by Gasteiger charge is 2.27. The molecule has 90 valence electrons. The fourth-order valence-electron chi connectivity index (χ4n) is 1.16. The summed E-state index contributed by atoms with van der Waals surface area (Å²) >= 11 is 0.817. The van der Waals surface area contributed by atoms with Crippen molar-refractivity contribution in [2.24, 2.45) is 0 Å². The van der Waals surface area contributed by atoms with Gasteiger partial charge in [-0.15, -0.1) is 11.8 Å². The van der Waals surface area contributed by atoms with Gasteiger partial charge in [-0.3, -0.25) is 0 Å². The smallest absolute Gasteiger partial charge is 0.384 e. The molecule has 0 saturated carbocycles. The zero-order valence-corrected chi connectivity index (χ0v) is 9.79. The Morgan fingerprint density at radius 3 is 2.56 bits per heavy atom. The lowest BCUT2D eigenvalue weighted by molar-refractivity contribution is -0.105. The maximum absolute atomic E-state index is 12.1. The van der Waals surface area contributed by atoms with Crippen molar-refractivity contribution in [1.82, 2.24) is 0 Å². The molecule has 0 saturated heterocycles. The Hall–Kier alpha value is -0.840. The molecule has 0 aliphatic heterocycles. The van der Waals surface area contributed by atoms with Crippen molar-refractivity contribution in [3.05, 3.63) is 24.3 Å². The third-order valence-electron chi connectivity index (χ3n) is 1.84. The van der Waals surface area contributed by atoms with Crippen LogP contribution < -0.4 is 5.32 Å². The maximum Gasteiger partial charge on any atom is 0.398 e. The van der Waals surface area contributed by atoms with Gasteiger partial charge in [0.15, 0.2) is 0 Å². The normalized spacial score (nSPS) is 11.5. The fraction of sp³-hybridized carbons (Fsp3) is 0.455. The topological polar surface area (TPSA) is 12.0 Å². The van der Waals surface area contributed by atoms with Crippen LogP contribution in [-0.2, 0) is 0 Å². The van der Waals surface area contributed by atoms with Crippen LogP contribution in [0.5, 0.6) is 0 Å². The van der Waals surface area contributed by atoms with Crippen molar-refractivity contribution >= 4 is 17.4 Å². The Balaban J connectivity index is 2.63. The monoisotopic (exact) mass is 249 g/mol. The van der Waals surface area contributed by atoms with E-state index in [0.717, 1.165) is 30.4 Å². The molecule has 0 amide bonds. The van der Waals surface area contributed by atoms with Crippen LogP contribution in [0.1, 0.15) is 13.3 Å². The van der Waals surface area contributed by atoms with E-state index < -0.39 is 11.9 Å². The Bertz CT molecular complexity index is 325. The van der Waals surface area contributed by atoms with Crippen molar-refractivity contribution in [3.63, 3.8) is 0 Å². The van der Waals surface area contributed by atoms with Crippen LogP contribution in [0.4, 0.5) is 18.9 Å². The van der Waals surface area contributed by atoms with Gasteiger partial charge < -0.3 is 5.32 Å². The molecule has 0 aromatic heterocycles. The van der Waals surface area contributed by atoms with E-state index in [4.69, 9.17) is 0 Å². The minimum Gasteiger partial charge on any atom is -0.384 e. The van der Waals surface area contributed by atoms with Gasteiger partial charge in [-0.1, -0.05) is 19.1 Å². The largest absolute Gasteiger partial charge is 0.398 e. The highest BCUT2D eigenvalue weighted by atomic mass is 32.2. The number of anilines is 1. The number of para-hydroxylation sites is 1. The molecule has 0 heterocycles. The van der Waals surface area contributed by atoms with E-state index in [1.54, 1.807) is 18.2 Å². The van der Waals surface area contributed by atoms with Crippen molar-refractivity contribution in [3.8, 4) is 0 Å². The third kappa shape index (κ3) is 4.79. The lowest BCUT2D eigenvalue weighted by Crippen LogP contribution is -2.11. The first-order valence-electron chi connectivity index (χ1n) is 5.05. The van der Waals surface area contributed by atoms with Crippen LogP contribution in [0.3, 0.4) is 0 Å². The van der Waals surface area contributed by atoms with E-state index in [-0.39, 0.29) is 0 Å². The summed E-state index contributed by atoms with van der Waals surface area (Å²) in [5.41, 5.74) is 0.776. The second kappa shape index (κ2) is 6.03. The summed E-state index contributed by atoms with van der Waals surface area (Å²) in [6.07, 6.45) is -3.18. The number of nitrogens with one attached hydrogen (secondary N) is 1. The van der Waals surface area contributed by atoms with Crippen molar-refractivity contribution in [1.29, 1.82) is 0 Å². The van der Waals surface area contributed by atoms with Gasteiger partial charge in [-0.25, -0.2) is 0 Å². The Morgan fingerprint density at radius 1 is 1.25 bits per heavy atom. The molecule has 0 aliphatic carbocycles. The molecule has 0 atom stereocenters. The second-order valence-corrected chi connectivity index (χ2v) is 4.34. The van der Waals surface area contributed by atoms with Gasteiger partial charge in [0, 0.05) is 17.1 Å². The molecule has 0 bridgehead atoms. The van der Waals surface area contributed by atoms with Gasteiger partial charge in [0.1, 0.15) is 0 Å². The molecule has 0 unspecified atom stereocenters. The molecule has 5 heteroatoms. The molecular weight excluding hydrogens is 235 g/mol. The number of hydrogen-bond acceptors (Lipinski definition) is 2. The third-order valence-corrected chi connectivity index (χ3v) is 2.98. The summed E-state index contributed by atoms with van der Waals surface area (Å²) < 4.78 is 36.3. The zero-order valence-electron chi connectivity index (χ0n) is 8.97. The molecule has 1 rings (SSSR count). The standard InChI is InChI=1S/C11H14F3NS/c1-2-7-15-9-5-3-4-6-10(9)16-8-11(12,13)14/h3-6,15H,2,7-8H2,1H3. The number of thioether (sulfide) groups is 1. The molecule has 0 aliphatic rings. The van der Waals surface area contributed by atoms with E-state index in [9.17, 15) is 13.2 Å². The first-order chi connectivity index (χ1) is 7.53. The van der Waals surface area contributed by atoms with Gasteiger partial charge in [-0.2, -0.15) is 13.2 Å². The highest BCUT2D eigenvalue weighted by molar-refractivity contribution is 7.99. The van der Waals surface area contributed by atoms with Crippen molar-refractivity contribution in [2.75, 3.05) is 17.6 Å². The quantitative estimate of drug-likeness (QED) is 0.786. The molecule has 1 nitrogen and oxygen atoms in total. The molecule has 16 heavy (non-hydrogen) atoms. The van der Waals surface area contributed by atoms with Gasteiger partial charge >= 0.3 is 6.18 Å². The summed E-state index contributed by atoms with van der Waals surface area (Å²) in [4.78, 5) is 0.647. The Labute approximate surface area is 97.4 Å². The average Bonchev–Trinajstić information content (AvgIpc) is 2.23. The molecule has 0 spiro atoms. The van der Waals surface area contributed by atoms with Crippen LogP contribution in [0.2, 0.25) is 0 Å². The first-order valence-corrected chi connectivity index (χ1v) is 6.04. The Morgan fingerprint density at radius 2 is 1.94 bits per heavy atom. The minimum atomic E-state index is -4.12. The van der Waals surface area contributed by atoms with Crippen LogP contribution in [0.25, 0.3) is 0 Å². The van der Waals surface area contributed by atoms with E-state index in [0.29, 0.717) is 4.90 Å². The highest BCUT2D eigenvalue weighted by Crippen LogP contribution is 2.31. The number of halogens is 3. The van der Waals surface area contributed by atoms with Crippen LogP contribution in [0, 0.1) is 0 Å². The number of benzene rings is 1. The second-order valence-electron chi connectivity index (χ2n) is 3.33.